The Morgan fingerprint density at radius 3 is 2.50 bits per heavy atom. The lowest BCUT2D eigenvalue weighted by Crippen LogP contribution is -2.02. The maximum Gasteiger partial charge on any atom is 0.308 e. The van der Waals surface area contributed by atoms with Crippen LogP contribution in [0.25, 0.3) is 0 Å². The molecule has 0 fully saturated rings. The summed E-state index contributed by atoms with van der Waals surface area (Å²) in [6, 6.07) is 5.37. The van der Waals surface area contributed by atoms with Crippen LogP contribution in [0, 0.1) is 0 Å². The largest absolute Gasteiger partial charge is 0.427 e. The fraction of sp³-hybridized carbons (Fsp3) is 0.364. The Morgan fingerprint density at radius 2 is 2.00 bits per heavy atom. The molecule has 1 N–H and O–H groups in total. The number of rotatable bonds is 3. The molecule has 0 saturated heterocycles. The Bertz CT molecular complexity index is 309. The first-order valence-electron chi connectivity index (χ1n) is 4.57. The fourth-order valence-corrected chi connectivity index (χ4v) is 1.25. The van der Waals surface area contributed by atoms with Gasteiger partial charge in [-0.25, -0.2) is 0 Å². The summed E-state index contributed by atoms with van der Waals surface area (Å²) in [4.78, 5) is 10.7. The number of carbonyl (C=O) groups is 1. The monoisotopic (exact) mass is 194 g/mol. The zero-order chi connectivity index (χ0) is 10.6. The highest BCUT2D eigenvalue weighted by Crippen LogP contribution is 2.18. The van der Waals surface area contributed by atoms with E-state index >= 15 is 0 Å². The van der Waals surface area contributed by atoms with E-state index in [1.165, 1.54) is 6.92 Å². The molecule has 76 valence electrons. The van der Waals surface area contributed by atoms with Crippen molar-refractivity contribution in [1.29, 1.82) is 0 Å². The van der Waals surface area contributed by atoms with Crippen LogP contribution in [0.15, 0.2) is 18.2 Å². The van der Waals surface area contributed by atoms with Crippen LogP contribution in [-0.2, 0) is 17.8 Å². The first-order valence-corrected chi connectivity index (χ1v) is 4.57. The van der Waals surface area contributed by atoms with Crippen LogP contribution < -0.4 is 4.74 Å². The topological polar surface area (TPSA) is 46.5 Å². The summed E-state index contributed by atoms with van der Waals surface area (Å²) >= 11 is 0. The van der Waals surface area contributed by atoms with Gasteiger partial charge in [-0.05, 0) is 29.7 Å². The van der Waals surface area contributed by atoms with Gasteiger partial charge < -0.3 is 9.84 Å². The van der Waals surface area contributed by atoms with Crippen LogP contribution in [0.1, 0.15) is 25.0 Å². The van der Waals surface area contributed by atoms with Crippen molar-refractivity contribution in [3.05, 3.63) is 29.3 Å². The van der Waals surface area contributed by atoms with Crippen LogP contribution in [0.2, 0.25) is 0 Å². The second kappa shape index (κ2) is 4.77. The molecule has 0 spiro atoms. The van der Waals surface area contributed by atoms with Crippen LogP contribution in [-0.4, -0.2) is 11.1 Å². The van der Waals surface area contributed by atoms with Gasteiger partial charge in [0, 0.05) is 6.92 Å². The maximum absolute atomic E-state index is 10.7. The third kappa shape index (κ3) is 2.85. The lowest BCUT2D eigenvalue weighted by atomic mass is 10.1. The molecule has 1 rings (SSSR count). The average molecular weight is 194 g/mol. The third-order valence-corrected chi connectivity index (χ3v) is 1.88. The third-order valence-electron chi connectivity index (χ3n) is 1.88. The minimum Gasteiger partial charge on any atom is -0.427 e. The van der Waals surface area contributed by atoms with Gasteiger partial charge in [0.1, 0.15) is 5.75 Å². The molecule has 0 saturated carbocycles. The normalized spacial score (nSPS) is 9.93. The van der Waals surface area contributed by atoms with Gasteiger partial charge in [-0.2, -0.15) is 0 Å². The SMILES string of the molecule is CCc1cc(CO)cc(OC(C)=O)c1. The van der Waals surface area contributed by atoms with Gasteiger partial charge in [-0.15, -0.1) is 0 Å². The second-order valence-corrected chi connectivity index (χ2v) is 3.09. The summed E-state index contributed by atoms with van der Waals surface area (Å²) in [6.45, 7) is 3.33. The van der Waals surface area contributed by atoms with Crippen molar-refractivity contribution >= 4 is 5.97 Å². The van der Waals surface area contributed by atoms with Gasteiger partial charge in [0.2, 0.25) is 0 Å². The molecule has 0 aliphatic heterocycles. The zero-order valence-electron chi connectivity index (χ0n) is 8.41. The molecule has 0 aliphatic carbocycles. The number of aliphatic hydroxyl groups is 1. The molecule has 0 aliphatic rings. The molecule has 0 bridgehead atoms. The fourth-order valence-electron chi connectivity index (χ4n) is 1.25. The smallest absolute Gasteiger partial charge is 0.308 e. The molecule has 0 amide bonds. The molecule has 3 nitrogen and oxygen atoms in total. The van der Waals surface area contributed by atoms with E-state index in [0.29, 0.717) is 5.75 Å². The lowest BCUT2D eigenvalue weighted by molar-refractivity contribution is -0.131. The van der Waals surface area contributed by atoms with E-state index in [4.69, 9.17) is 9.84 Å². The van der Waals surface area contributed by atoms with Gasteiger partial charge in [-0.1, -0.05) is 13.0 Å². The van der Waals surface area contributed by atoms with E-state index in [2.05, 4.69) is 0 Å². The predicted molar refractivity (Wildman–Crippen MR) is 53.1 cm³/mol. The van der Waals surface area contributed by atoms with Gasteiger partial charge in [0.25, 0.3) is 0 Å². The number of carbonyl (C=O) groups excluding carboxylic acids is 1. The number of aliphatic hydroxyl groups excluding tert-OH is 1. The first-order chi connectivity index (χ1) is 6.65. The molecule has 1 aromatic rings. The molecular formula is C11H14O3. The lowest BCUT2D eigenvalue weighted by Gasteiger charge is -2.06. The zero-order valence-corrected chi connectivity index (χ0v) is 8.41. The van der Waals surface area contributed by atoms with Gasteiger partial charge >= 0.3 is 5.97 Å². The number of ether oxygens (including phenoxy) is 1. The van der Waals surface area contributed by atoms with Crippen LogP contribution in [0.3, 0.4) is 0 Å². The Balaban J connectivity index is 2.98. The number of hydrogen-bond acceptors (Lipinski definition) is 3. The van der Waals surface area contributed by atoms with Gasteiger partial charge in [-0.3, -0.25) is 4.79 Å². The molecular weight excluding hydrogens is 180 g/mol. The van der Waals surface area contributed by atoms with E-state index in [1.807, 2.05) is 13.0 Å². The van der Waals surface area contributed by atoms with E-state index in [0.717, 1.165) is 17.5 Å². The minimum absolute atomic E-state index is 0.0396. The Labute approximate surface area is 83.3 Å². The minimum atomic E-state index is -0.345. The summed E-state index contributed by atoms with van der Waals surface area (Å²) in [6.07, 6.45) is 0.849. The number of aryl methyl sites for hydroxylation is 1. The van der Waals surface area contributed by atoms with Crippen LogP contribution in [0.4, 0.5) is 0 Å². The first kappa shape index (κ1) is 10.7. The van der Waals surface area contributed by atoms with Crippen molar-refractivity contribution in [2.45, 2.75) is 26.9 Å². The highest BCUT2D eigenvalue weighted by molar-refractivity contribution is 5.69. The van der Waals surface area contributed by atoms with E-state index in [1.54, 1.807) is 12.1 Å². The van der Waals surface area contributed by atoms with E-state index in [-0.39, 0.29) is 12.6 Å². The van der Waals surface area contributed by atoms with Crippen molar-refractivity contribution in [3.63, 3.8) is 0 Å². The molecule has 3 heteroatoms. The van der Waals surface area contributed by atoms with Crippen molar-refractivity contribution in [2.24, 2.45) is 0 Å². The van der Waals surface area contributed by atoms with Crippen molar-refractivity contribution < 1.29 is 14.6 Å². The predicted octanol–water partition coefficient (Wildman–Crippen LogP) is 1.67. The average Bonchev–Trinajstić information content (AvgIpc) is 2.16. The Kier molecular flexibility index (Phi) is 3.65. The highest BCUT2D eigenvalue weighted by atomic mass is 16.5. The Hall–Kier alpha value is -1.35. The molecule has 0 unspecified atom stereocenters. The quantitative estimate of drug-likeness (QED) is 0.588. The molecule has 1 aromatic carbocycles. The van der Waals surface area contributed by atoms with Crippen LogP contribution in [0.5, 0.6) is 5.75 Å². The second-order valence-electron chi connectivity index (χ2n) is 3.09. The molecule has 0 radical (unpaired) electrons. The number of esters is 1. The number of hydrogen-bond donors (Lipinski definition) is 1. The summed E-state index contributed by atoms with van der Waals surface area (Å²) in [5.41, 5.74) is 1.81. The molecule has 0 heterocycles. The summed E-state index contributed by atoms with van der Waals surface area (Å²) in [5.74, 6) is 0.156. The summed E-state index contributed by atoms with van der Waals surface area (Å²) in [5, 5.41) is 8.98. The van der Waals surface area contributed by atoms with Crippen molar-refractivity contribution in [1.82, 2.24) is 0 Å². The highest BCUT2D eigenvalue weighted by Gasteiger charge is 2.02. The summed E-state index contributed by atoms with van der Waals surface area (Å²) < 4.78 is 4.95. The summed E-state index contributed by atoms with van der Waals surface area (Å²) in [7, 11) is 0. The Morgan fingerprint density at radius 1 is 1.36 bits per heavy atom. The molecule has 0 aromatic heterocycles. The maximum atomic E-state index is 10.7. The van der Waals surface area contributed by atoms with Gasteiger partial charge in [0.05, 0.1) is 6.61 Å². The van der Waals surface area contributed by atoms with Crippen molar-refractivity contribution in [2.75, 3.05) is 0 Å². The van der Waals surface area contributed by atoms with E-state index in [9.17, 15) is 4.79 Å². The molecule has 0 atom stereocenters. The molecule has 14 heavy (non-hydrogen) atoms. The van der Waals surface area contributed by atoms with Crippen molar-refractivity contribution in [3.8, 4) is 5.75 Å². The number of benzene rings is 1. The van der Waals surface area contributed by atoms with E-state index < -0.39 is 0 Å². The van der Waals surface area contributed by atoms with Crippen LogP contribution >= 0.6 is 0 Å². The van der Waals surface area contributed by atoms with Gasteiger partial charge in [0.15, 0.2) is 0 Å². The standard InChI is InChI=1S/C11H14O3/c1-3-9-4-10(7-12)6-11(5-9)14-8(2)13/h4-6,12H,3,7H2,1-2H3.